The molecule has 82 valence electrons. The van der Waals surface area contributed by atoms with E-state index in [-0.39, 0.29) is 5.75 Å². The van der Waals surface area contributed by atoms with Gasteiger partial charge in [-0.25, -0.2) is 0 Å². The van der Waals surface area contributed by atoms with Crippen LogP contribution < -0.4 is 4.74 Å². The van der Waals surface area contributed by atoms with Crippen LogP contribution in [0.2, 0.25) is 19.1 Å². The molecule has 1 N–H and O–H groups in total. The molecule has 0 saturated heterocycles. The van der Waals surface area contributed by atoms with Gasteiger partial charge in [-0.2, -0.15) is 0 Å². The summed E-state index contributed by atoms with van der Waals surface area (Å²) in [6, 6.07) is 7.88. The fraction of sp³-hybridized carbons (Fsp3) is 0.333. The molecule has 2 nitrogen and oxygen atoms in total. The van der Waals surface area contributed by atoms with Gasteiger partial charge in [0.15, 0.2) is 0 Å². The van der Waals surface area contributed by atoms with Crippen LogP contribution in [-0.4, -0.2) is 19.8 Å². The minimum absolute atomic E-state index is 0.267. The summed E-state index contributed by atoms with van der Waals surface area (Å²) in [5.74, 6) is 1.07. The van der Waals surface area contributed by atoms with Crippen LogP contribution in [0.25, 0.3) is 0 Å². The Hall–Kier alpha value is -1.22. The van der Waals surface area contributed by atoms with Gasteiger partial charge in [0.25, 0.3) is 0 Å². The second-order valence-electron chi connectivity index (χ2n) is 4.29. The van der Waals surface area contributed by atoms with Gasteiger partial charge in [0, 0.05) is 0 Å². The van der Waals surface area contributed by atoms with Gasteiger partial charge in [-0.1, -0.05) is 13.1 Å². The summed E-state index contributed by atoms with van der Waals surface area (Å²) in [6.07, 6.45) is 0. The molecule has 0 spiro atoms. The number of hydrogen-bond donors (Lipinski definition) is 1. The van der Waals surface area contributed by atoms with Gasteiger partial charge >= 0.3 is 0 Å². The molecule has 0 saturated carbocycles. The number of hydrogen-bond acceptors (Lipinski definition) is 2. The van der Waals surface area contributed by atoms with Crippen molar-refractivity contribution in [1.82, 2.24) is 0 Å². The molecule has 0 atom stereocenters. The third-order valence-electron chi connectivity index (χ3n) is 2.40. The molecule has 0 heterocycles. The Balaban J connectivity index is 2.38. The first-order valence-electron chi connectivity index (χ1n) is 5.09. The molecule has 0 amide bonds. The number of aromatic hydroxyl groups is 1. The van der Waals surface area contributed by atoms with Gasteiger partial charge < -0.3 is 9.84 Å². The van der Waals surface area contributed by atoms with Crippen molar-refractivity contribution in [3.05, 3.63) is 36.5 Å². The lowest BCUT2D eigenvalue weighted by Gasteiger charge is -2.17. The lowest BCUT2D eigenvalue weighted by molar-refractivity contribution is 0.337. The Morgan fingerprint density at radius 3 is 2.47 bits per heavy atom. The van der Waals surface area contributed by atoms with Crippen LogP contribution in [0.4, 0.5) is 0 Å². The zero-order valence-electron chi connectivity index (χ0n) is 9.36. The second kappa shape index (κ2) is 5.03. The zero-order valence-corrected chi connectivity index (χ0v) is 10.4. The largest absolute Gasteiger partial charge is 0.508 e. The summed E-state index contributed by atoms with van der Waals surface area (Å²) in [7, 11) is -1.25. The van der Waals surface area contributed by atoms with E-state index in [1.54, 1.807) is 24.3 Å². The highest BCUT2D eigenvalue weighted by Gasteiger charge is 2.15. The summed E-state index contributed by atoms with van der Waals surface area (Å²) in [5, 5.41) is 9.09. The molecule has 0 aliphatic carbocycles. The SMILES string of the molecule is C=C[Si](C)(C)CCOc1ccc(O)cc1. The Kier molecular flexibility index (Phi) is 3.97. The third kappa shape index (κ3) is 4.21. The van der Waals surface area contributed by atoms with Crippen LogP contribution in [0.15, 0.2) is 36.5 Å². The maximum absolute atomic E-state index is 9.09. The summed E-state index contributed by atoms with van der Waals surface area (Å²) >= 11 is 0. The zero-order chi connectivity index (χ0) is 11.3. The minimum Gasteiger partial charge on any atom is -0.508 e. The smallest absolute Gasteiger partial charge is 0.119 e. The number of phenolic OH excluding ortho intramolecular Hbond substituents is 1. The Bertz CT molecular complexity index is 317. The number of phenols is 1. The van der Waals surface area contributed by atoms with Gasteiger partial charge in [-0.15, -0.1) is 12.3 Å². The Morgan fingerprint density at radius 1 is 1.33 bits per heavy atom. The minimum atomic E-state index is -1.25. The van der Waals surface area contributed by atoms with Crippen molar-refractivity contribution >= 4 is 8.07 Å². The van der Waals surface area contributed by atoms with Crippen molar-refractivity contribution in [3.63, 3.8) is 0 Å². The molecular weight excluding hydrogens is 204 g/mol. The van der Waals surface area contributed by atoms with E-state index in [0.29, 0.717) is 0 Å². The van der Waals surface area contributed by atoms with E-state index >= 15 is 0 Å². The van der Waals surface area contributed by atoms with Crippen molar-refractivity contribution in [2.24, 2.45) is 0 Å². The highest BCUT2D eigenvalue weighted by Crippen LogP contribution is 2.17. The van der Waals surface area contributed by atoms with Crippen LogP contribution in [0, 0.1) is 0 Å². The highest BCUT2D eigenvalue weighted by atomic mass is 28.3. The first-order valence-corrected chi connectivity index (χ1v) is 8.37. The predicted molar refractivity (Wildman–Crippen MR) is 66.1 cm³/mol. The molecule has 0 aliphatic heterocycles. The molecule has 0 unspecified atom stereocenters. The van der Waals surface area contributed by atoms with Crippen LogP contribution in [0.3, 0.4) is 0 Å². The maximum atomic E-state index is 9.09. The molecule has 1 rings (SSSR count). The van der Waals surface area contributed by atoms with Crippen molar-refractivity contribution in [1.29, 1.82) is 0 Å². The maximum Gasteiger partial charge on any atom is 0.119 e. The van der Waals surface area contributed by atoms with Crippen molar-refractivity contribution in [2.45, 2.75) is 19.1 Å². The second-order valence-corrected chi connectivity index (χ2v) is 9.17. The van der Waals surface area contributed by atoms with E-state index in [9.17, 15) is 0 Å². The van der Waals surface area contributed by atoms with Gasteiger partial charge in [0.05, 0.1) is 14.7 Å². The van der Waals surface area contributed by atoms with Gasteiger partial charge in [-0.05, 0) is 30.3 Å². The topological polar surface area (TPSA) is 29.5 Å². The van der Waals surface area contributed by atoms with Crippen LogP contribution >= 0.6 is 0 Å². The summed E-state index contributed by atoms with van der Waals surface area (Å²) in [6.45, 7) is 9.09. The van der Waals surface area contributed by atoms with Gasteiger partial charge in [0.1, 0.15) is 11.5 Å². The molecule has 0 bridgehead atoms. The fourth-order valence-electron chi connectivity index (χ4n) is 1.08. The van der Waals surface area contributed by atoms with Gasteiger partial charge in [-0.3, -0.25) is 0 Å². The summed E-state index contributed by atoms with van der Waals surface area (Å²) in [5.41, 5.74) is 2.08. The van der Waals surface area contributed by atoms with E-state index in [4.69, 9.17) is 9.84 Å². The molecule has 0 aliphatic rings. The molecule has 3 heteroatoms. The van der Waals surface area contributed by atoms with E-state index < -0.39 is 8.07 Å². The van der Waals surface area contributed by atoms with Crippen molar-refractivity contribution in [3.8, 4) is 11.5 Å². The van der Waals surface area contributed by atoms with Gasteiger partial charge in [0.2, 0.25) is 0 Å². The Labute approximate surface area is 92.2 Å². The molecule has 0 fully saturated rings. The standard InChI is InChI=1S/C12H18O2Si/c1-4-15(2,3)10-9-14-12-7-5-11(13)6-8-12/h4-8,13H,1,9-10H2,2-3H3. The first kappa shape index (κ1) is 11.8. The van der Waals surface area contributed by atoms with E-state index in [1.807, 2.05) is 0 Å². The monoisotopic (exact) mass is 222 g/mol. The molecule has 15 heavy (non-hydrogen) atoms. The van der Waals surface area contributed by atoms with E-state index in [0.717, 1.165) is 18.4 Å². The average molecular weight is 222 g/mol. The summed E-state index contributed by atoms with van der Waals surface area (Å²) in [4.78, 5) is 0. The number of rotatable bonds is 5. The average Bonchev–Trinajstić information content (AvgIpc) is 2.21. The molecule has 1 aromatic rings. The molecule has 1 aromatic carbocycles. The lowest BCUT2D eigenvalue weighted by Crippen LogP contribution is -2.24. The number of ether oxygens (including phenoxy) is 1. The Morgan fingerprint density at radius 2 is 1.93 bits per heavy atom. The first-order chi connectivity index (χ1) is 7.03. The van der Waals surface area contributed by atoms with E-state index in [2.05, 4.69) is 25.4 Å². The molecular formula is C12H18O2Si. The van der Waals surface area contributed by atoms with Crippen LogP contribution in [0.5, 0.6) is 11.5 Å². The quantitative estimate of drug-likeness (QED) is 0.775. The van der Waals surface area contributed by atoms with Crippen molar-refractivity contribution < 1.29 is 9.84 Å². The highest BCUT2D eigenvalue weighted by molar-refractivity contribution is 6.82. The van der Waals surface area contributed by atoms with Crippen LogP contribution in [-0.2, 0) is 0 Å². The predicted octanol–water partition coefficient (Wildman–Crippen LogP) is 3.20. The normalized spacial score (nSPS) is 11.1. The van der Waals surface area contributed by atoms with E-state index in [1.165, 1.54) is 0 Å². The van der Waals surface area contributed by atoms with Crippen molar-refractivity contribution in [2.75, 3.05) is 6.61 Å². The molecule has 0 radical (unpaired) electrons. The van der Waals surface area contributed by atoms with Crippen LogP contribution in [0.1, 0.15) is 0 Å². The number of benzene rings is 1. The lowest BCUT2D eigenvalue weighted by atomic mass is 10.3. The third-order valence-corrected chi connectivity index (χ3v) is 5.00. The summed E-state index contributed by atoms with van der Waals surface area (Å²) < 4.78 is 5.57. The fourth-order valence-corrected chi connectivity index (χ4v) is 1.91. The molecule has 0 aromatic heterocycles.